The Kier molecular flexibility index (Phi) is 3.64. The third kappa shape index (κ3) is 2.42. The average Bonchev–Trinajstić information content (AvgIpc) is 2.84. The lowest BCUT2D eigenvalue weighted by molar-refractivity contribution is 0.218. The molecule has 17 heavy (non-hydrogen) atoms. The van der Waals surface area contributed by atoms with Crippen LogP contribution in [0.15, 0.2) is 30.0 Å². The molecular weight excluding hydrogens is 221 g/mol. The molecule has 1 aromatic rings. The van der Waals surface area contributed by atoms with E-state index in [9.17, 15) is 4.39 Å². The van der Waals surface area contributed by atoms with E-state index in [-0.39, 0.29) is 17.6 Å². The summed E-state index contributed by atoms with van der Waals surface area (Å²) in [5.74, 6) is 0.755. The summed E-state index contributed by atoms with van der Waals surface area (Å²) in [6, 6.07) is 4.84. The summed E-state index contributed by atoms with van der Waals surface area (Å²) in [7, 11) is 3.28. The summed E-state index contributed by atoms with van der Waals surface area (Å²) in [5, 5.41) is 3.12. The zero-order valence-electron chi connectivity index (χ0n) is 10.00. The maximum atomic E-state index is 13.6. The Morgan fingerprint density at radius 2 is 2.29 bits per heavy atom. The lowest BCUT2D eigenvalue weighted by Gasteiger charge is -2.18. The maximum Gasteiger partial charge on any atom is 0.165 e. The van der Waals surface area contributed by atoms with Crippen LogP contribution in [0.3, 0.4) is 0 Å². The highest BCUT2D eigenvalue weighted by Crippen LogP contribution is 2.28. The molecule has 1 aliphatic rings. The van der Waals surface area contributed by atoms with Crippen molar-refractivity contribution in [1.29, 1.82) is 0 Å². The quantitative estimate of drug-likeness (QED) is 0.872. The van der Waals surface area contributed by atoms with Crippen molar-refractivity contribution in [2.24, 2.45) is 0 Å². The van der Waals surface area contributed by atoms with Crippen molar-refractivity contribution in [2.75, 3.05) is 20.8 Å². The Balaban J connectivity index is 2.28. The van der Waals surface area contributed by atoms with E-state index in [1.54, 1.807) is 6.07 Å². The lowest BCUT2D eigenvalue weighted by Crippen LogP contribution is -2.19. The molecule has 0 radical (unpaired) electrons. The number of halogens is 1. The Hall–Kier alpha value is -1.55. The summed E-state index contributed by atoms with van der Waals surface area (Å²) in [6.45, 7) is 0.701. The Labute approximate surface area is 100 Å². The molecule has 0 fully saturated rings. The molecule has 4 heteroatoms. The molecule has 1 N–H and O–H groups in total. The molecule has 92 valence electrons. The van der Waals surface area contributed by atoms with Gasteiger partial charge in [0.1, 0.15) is 5.76 Å². The van der Waals surface area contributed by atoms with Gasteiger partial charge in [-0.2, -0.15) is 0 Å². The van der Waals surface area contributed by atoms with Crippen LogP contribution in [0.25, 0.3) is 0 Å². The average molecular weight is 237 g/mol. The molecule has 0 aliphatic carbocycles. The van der Waals surface area contributed by atoms with Gasteiger partial charge in [0.15, 0.2) is 11.6 Å². The van der Waals surface area contributed by atoms with Gasteiger partial charge >= 0.3 is 0 Å². The number of benzene rings is 1. The molecule has 0 bridgehead atoms. The van der Waals surface area contributed by atoms with E-state index in [1.165, 1.54) is 13.2 Å². The number of ether oxygens (including phenoxy) is 2. The standard InChI is InChI=1S/C13H16FNO2/c1-15-13(12-4-3-7-17-12)9-5-6-11(16-2)10(14)8-9/h4-6,8,13,15H,3,7H2,1-2H3. The van der Waals surface area contributed by atoms with Crippen LogP contribution in [-0.4, -0.2) is 20.8 Å². The molecule has 0 amide bonds. The van der Waals surface area contributed by atoms with E-state index in [1.807, 2.05) is 19.2 Å². The first kappa shape index (κ1) is 11.9. The fourth-order valence-electron chi connectivity index (χ4n) is 1.97. The second-order valence-electron chi connectivity index (χ2n) is 3.86. The second-order valence-corrected chi connectivity index (χ2v) is 3.86. The van der Waals surface area contributed by atoms with Crippen LogP contribution in [0.5, 0.6) is 5.75 Å². The molecule has 1 aromatic carbocycles. The first-order valence-electron chi connectivity index (χ1n) is 5.60. The van der Waals surface area contributed by atoms with Crippen molar-refractivity contribution in [3.8, 4) is 5.75 Å². The van der Waals surface area contributed by atoms with E-state index in [0.717, 1.165) is 17.7 Å². The molecule has 0 spiro atoms. The first-order chi connectivity index (χ1) is 8.26. The SMILES string of the molecule is CNC(C1=CCCO1)c1ccc(OC)c(F)c1. The van der Waals surface area contributed by atoms with Crippen LogP contribution in [0.2, 0.25) is 0 Å². The van der Waals surface area contributed by atoms with Crippen LogP contribution in [0, 0.1) is 5.82 Å². The number of methoxy groups -OCH3 is 1. The van der Waals surface area contributed by atoms with Gasteiger partial charge in [-0.1, -0.05) is 6.07 Å². The molecule has 0 saturated carbocycles. The summed E-state index contributed by atoms with van der Waals surface area (Å²) < 4.78 is 24.0. The van der Waals surface area contributed by atoms with Crippen LogP contribution in [0.4, 0.5) is 4.39 Å². The zero-order valence-corrected chi connectivity index (χ0v) is 10.00. The van der Waals surface area contributed by atoms with Crippen molar-refractivity contribution in [2.45, 2.75) is 12.5 Å². The topological polar surface area (TPSA) is 30.5 Å². The van der Waals surface area contributed by atoms with E-state index < -0.39 is 0 Å². The van der Waals surface area contributed by atoms with Gasteiger partial charge < -0.3 is 14.8 Å². The Bertz CT molecular complexity index is 431. The van der Waals surface area contributed by atoms with Crippen molar-refractivity contribution in [1.82, 2.24) is 5.32 Å². The van der Waals surface area contributed by atoms with E-state index in [4.69, 9.17) is 9.47 Å². The molecule has 1 unspecified atom stereocenters. The summed E-state index contributed by atoms with van der Waals surface area (Å²) in [5.41, 5.74) is 0.832. The normalized spacial score (nSPS) is 16.3. The third-order valence-corrected chi connectivity index (χ3v) is 2.81. The summed E-state index contributed by atoms with van der Waals surface area (Å²) >= 11 is 0. The molecule has 0 aromatic heterocycles. The minimum atomic E-state index is -0.358. The van der Waals surface area contributed by atoms with Crippen molar-refractivity contribution in [3.05, 3.63) is 41.4 Å². The number of hydrogen-bond acceptors (Lipinski definition) is 3. The fourth-order valence-corrected chi connectivity index (χ4v) is 1.97. The van der Waals surface area contributed by atoms with Crippen LogP contribution in [-0.2, 0) is 4.74 Å². The molecule has 1 atom stereocenters. The zero-order chi connectivity index (χ0) is 12.3. The van der Waals surface area contributed by atoms with E-state index in [2.05, 4.69) is 5.32 Å². The van der Waals surface area contributed by atoms with Gasteiger partial charge in [-0.05, 0) is 30.8 Å². The summed E-state index contributed by atoms with van der Waals surface area (Å²) in [4.78, 5) is 0. The number of rotatable bonds is 4. The molecule has 3 nitrogen and oxygen atoms in total. The number of likely N-dealkylation sites (N-methyl/N-ethyl adjacent to an activating group) is 1. The van der Waals surface area contributed by atoms with Crippen LogP contribution in [0.1, 0.15) is 18.0 Å². The van der Waals surface area contributed by atoms with Gasteiger partial charge in [0.2, 0.25) is 0 Å². The van der Waals surface area contributed by atoms with Gasteiger partial charge in [0.25, 0.3) is 0 Å². The van der Waals surface area contributed by atoms with Gasteiger partial charge in [-0.3, -0.25) is 0 Å². The fraction of sp³-hybridized carbons (Fsp3) is 0.385. The highest BCUT2D eigenvalue weighted by Gasteiger charge is 2.20. The van der Waals surface area contributed by atoms with Gasteiger partial charge in [-0.25, -0.2) is 4.39 Å². The number of nitrogens with one attached hydrogen (secondary N) is 1. The van der Waals surface area contributed by atoms with E-state index >= 15 is 0 Å². The highest BCUT2D eigenvalue weighted by molar-refractivity contribution is 5.34. The predicted octanol–water partition coefficient (Wildman–Crippen LogP) is 2.40. The largest absolute Gasteiger partial charge is 0.496 e. The minimum absolute atomic E-state index is 0.0992. The van der Waals surface area contributed by atoms with Crippen molar-refractivity contribution < 1.29 is 13.9 Å². The minimum Gasteiger partial charge on any atom is -0.496 e. The van der Waals surface area contributed by atoms with Crippen LogP contribution >= 0.6 is 0 Å². The smallest absolute Gasteiger partial charge is 0.165 e. The maximum absolute atomic E-state index is 13.6. The van der Waals surface area contributed by atoms with Crippen molar-refractivity contribution in [3.63, 3.8) is 0 Å². The molecular formula is C13H16FNO2. The lowest BCUT2D eigenvalue weighted by atomic mass is 10.0. The Morgan fingerprint density at radius 3 is 2.82 bits per heavy atom. The summed E-state index contributed by atoms with van der Waals surface area (Å²) in [6.07, 6.45) is 2.94. The van der Waals surface area contributed by atoms with Gasteiger partial charge in [0.05, 0.1) is 19.8 Å². The molecule has 0 saturated heterocycles. The molecule has 1 heterocycles. The predicted molar refractivity (Wildman–Crippen MR) is 63.4 cm³/mol. The monoisotopic (exact) mass is 237 g/mol. The van der Waals surface area contributed by atoms with Crippen molar-refractivity contribution >= 4 is 0 Å². The second kappa shape index (κ2) is 5.19. The third-order valence-electron chi connectivity index (χ3n) is 2.81. The molecule has 2 rings (SSSR count). The van der Waals surface area contributed by atoms with E-state index in [0.29, 0.717) is 6.61 Å². The number of hydrogen-bond donors (Lipinski definition) is 1. The van der Waals surface area contributed by atoms with Crippen LogP contribution < -0.4 is 10.1 Å². The first-order valence-corrected chi connectivity index (χ1v) is 5.60. The van der Waals surface area contributed by atoms with Gasteiger partial charge in [-0.15, -0.1) is 0 Å². The highest BCUT2D eigenvalue weighted by atomic mass is 19.1. The molecule has 1 aliphatic heterocycles. The Morgan fingerprint density at radius 1 is 1.47 bits per heavy atom. The van der Waals surface area contributed by atoms with Gasteiger partial charge in [0, 0.05) is 6.42 Å².